The number of rotatable bonds is 17. The molecule has 0 radical (unpaired) electrons. The van der Waals surface area contributed by atoms with E-state index in [1.165, 1.54) is 35.3 Å². The van der Waals surface area contributed by atoms with E-state index < -0.39 is 0 Å². The largest absolute Gasteiger partial charge is 0.378 e. The third-order valence-corrected chi connectivity index (χ3v) is 6.54. The van der Waals surface area contributed by atoms with Gasteiger partial charge < -0.3 is 9.80 Å². The maximum atomic E-state index is 4.59. The fraction of sp³-hybridized carbons (Fsp3) is 0.316. The Morgan fingerprint density at radius 2 is 0.929 bits per heavy atom. The number of anilines is 2. The maximum absolute atomic E-state index is 4.59. The second-order valence-corrected chi connectivity index (χ2v) is 10.5. The van der Waals surface area contributed by atoms with Crippen LogP contribution < -0.4 is 9.80 Å². The van der Waals surface area contributed by atoms with Gasteiger partial charge in [0.05, 0.1) is 0 Å². The van der Waals surface area contributed by atoms with Gasteiger partial charge in [-0.05, 0) is 85.4 Å². The molecule has 0 heterocycles. The van der Waals surface area contributed by atoms with E-state index in [1.807, 2.05) is 26.3 Å². The smallest absolute Gasteiger partial charge is 0.0389 e. The van der Waals surface area contributed by atoms with Gasteiger partial charge in [-0.3, -0.25) is 9.98 Å². The number of benzene rings is 2. The Morgan fingerprint density at radius 3 is 1.26 bits per heavy atom. The number of nitrogens with zero attached hydrogens (tertiary/aromatic N) is 4. The highest BCUT2D eigenvalue weighted by Gasteiger charge is 1.95. The van der Waals surface area contributed by atoms with Gasteiger partial charge in [0.25, 0.3) is 0 Å². The van der Waals surface area contributed by atoms with Crippen LogP contribution in [0.25, 0.3) is 12.2 Å². The van der Waals surface area contributed by atoms with Crippen LogP contribution >= 0.6 is 0 Å². The zero-order valence-electron chi connectivity index (χ0n) is 26.6. The van der Waals surface area contributed by atoms with Crippen LogP contribution in [0, 0.1) is 0 Å². The first-order chi connectivity index (χ1) is 20.4. The molecule has 0 N–H and O–H groups in total. The summed E-state index contributed by atoms with van der Waals surface area (Å²) < 4.78 is 0. The van der Waals surface area contributed by atoms with Gasteiger partial charge in [0.15, 0.2) is 0 Å². The minimum absolute atomic E-state index is 0.859. The summed E-state index contributed by atoms with van der Waals surface area (Å²) in [5.74, 6) is 0. The topological polar surface area (TPSA) is 31.2 Å². The molecule has 222 valence electrons. The molecule has 0 aromatic heterocycles. The maximum Gasteiger partial charge on any atom is 0.0389 e. The molecule has 0 bridgehead atoms. The summed E-state index contributed by atoms with van der Waals surface area (Å²) in [6.07, 6.45) is 29.4. The molecule has 0 aliphatic carbocycles. The number of hydrogen-bond acceptors (Lipinski definition) is 4. The monoisotopic (exact) mass is 562 g/mol. The summed E-state index contributed by atoms with van der Waals surface area (Å²) in [5, 5.41) is 0. The van der Waals surface area contributed by atoms with Crippen molar-refractivity contribution in [3.63, 3.8) is 0 Å². The fourth-order valence-electron chi connectivity index (χ4n) is 4.06. The first kappa shape index (κ1) is 34.0. The molecule has 0 atom stereocenters. The first-order valence-corrected chi connectivity index (χ1v) is 15.0. The average Bonchev–Trinajstić information content (AvgIpc) is 2.99. The van der Waals surface area contributed by atoms with Crippen LogP contribution in [0.2, 0.25) is 0 Å². The molecule has 2 rings (SSSR count). The lowest BCUT2D eigenvalue weighted by atomic mass is 10.1. The third-order valence-electron chi connectivity index (χ3n) is 6.54. The molecule has 0 unspecified atom stereocenters. The van der Waals surface area contributed by atoms with Crippen molar-refractivity contribution in [1.29, 1.82) is 0 Å². The number of hydrogen-bond donors (Lipinski definition) is 0. The summed E-state index contributed by atoms with van der Waals surface area (Å²) >= 11 is 0. The Bertz CT molecular complexity index is 1160. The van der Waals surface area contributed by atoms with Crippen LogP contribution in [-0.2, 0) is 0 Å². The van der Waals surface area contributed by atoms with Crippen molar-refractivity contribution in [2.75, 3.05) is 51.1 Å². The van der Waals surface area contributed by atoms with E-state index in [2.05, 4.69) is 157 Å². The van der Waals surface area contributed by atoms with Crippen LogP contribution in [0.3, 0.4) is 0 Å². The molecule has 0 amide bonds. The number of unbranched alkanes of at least 4 members (excludes halogenated alkanes) is 3. The van der Waals surface area contributed by atoms with E-state index in [-0.39, 0.29) is 0 Å². The van der Waals surface area contributed by atoms with Crippen LogP contribution in [0.5, 0.6) is 0 Å². The van der Waals surface area contributed by atoms with Crippen molar-refractivity contribution in [2.45, 2.75) is 39.5 Å². The zero-order valence-corrected chi connectivity index (χ0v) is 26.6. The highest BCUT2D eigenvalue weighted by atomic mass is 15.1. The van der Waals surface area contributed by atoms with Gasteiger partial charge in [-0.15, -0.1) is 0 Å². The molecule has 0 fully saturated rings. The van der Waals surface area contributed by atoms with Crippen LogP contribution in [0.4, 0.5) is 11.4 Å². The molecular weight excluding hydrogens is 512 g/mol. The Hall–Kier alpha value is -4.18. The van der Waals surface area contributed by atoms with Gasteiger partial charge in [-0.25, -0.2) is 0 Å². The summed E-state index contributed by atoms with van der Waals surface area (Å²) in [4.78, 5) is 13.4. The van der Waals surface area contributed by atoms with Gasteiger partial charge in [-0.2, -0.15) is 0 Å². The van der Waals surface area contributed by atoms with Crippen LogP contribution in [0.1, 0.15) is 50.7 Å². The van der Waals surface area contributed by atoms with E-state index in [4.69, 9.17) is 0 Å². The second-order valence-electron chi connectivity index (χ2n) is 10.5. The molecule has 4 heteroatoms. The molecule has 0 aliphatic rings. The third kappa shape index (κ3) is 14.5. The van der Waals surface area contributed by atoms with Crippen LogP contribution in [-0.4, -0.2) is 53.7 Å². The normalized spacial score (nSPS) is 13.3. The van der Waals surface area contributed by atoms with Crippen molar-refractivity contribution in [3.8, 4) is 0 Å². The molecular formula is C38H50N4. The zero-order chi connectivity index (χ0) is 30.4. The van der Waals surface area contributed by atoms with Gasteiger partial charge >= 0.3 is 0 Å². The van der Waals surface area contributed by atoms with Crippen molar-refractivity contribution >= 4 is 36.0 Å². The van der Waals surface area contributed by atoms with Gasteiger partial charge in [0, 0.05) is 65.1 Å². The minimum Gasteiger partial charge on any atom is -0.378 e. The lowest BCUT2D eigenvalue weighted by molar-refractivity contribution is 0.655. The Balaban J connectivity index is 1.69. The van der Waals surface area contributed by atoms with E-state index in [1.54, 1.807) is 0 Å². The van der Waals surface area contributed by atoms with E-state index in [0.717, 1.165) is 37.1 Å². The molecule has 42 heavy (non-hydrogen) atoms. The van der Waals surface area contributed by atoms with Crippen molar-refractivity contribution in [2.24, 2.45) is 9.98 Å². The molecule has 0 aliphatic heterocycles. The summed E-state index contributed by atoms with van der Waals surface area (Å²) in [6, 6.07) is 17.1. The number of allylic oxidation sites excluding steroid dienone is 10. The Kier molecular flexibility index (Phi) is 16.7. The SMILES string of the molecule is C\C=C/C(/C=C/c1ccc(N(C)C)cc1)=C\C=NCCCCCCN=C/C=C(\C=C/C)/C=C/c1ccc(N(C)C)cc1. The van der Waals surface area contributed by atoms with E-state index in [9.17, 15) is 0 Å². The summed E-state index contributed by atoms with van der Waals surface area (Å²) in [5.41, 5.74) is 7.05. The predicted octanol–water partition coefficient (Wildman–Crippen LogP) is 9.25. The lowest BCUT2D eigenvalue weighted by Gasteiger charge is -2.11. The quantitative estimate of drug-likeness (QED) is 0.109. The highest BCUT2D eigenvalue weighted by Crippen LogP contribution is 2.15. The molecule has 2 aromatic carbocycles. The Morgan fingerprint density at radius 1 is 0.548 bits per heavy atom. The van der Waals surface area contributed by atoms with Gasteiger partial charge in [0.2, 0.25) is 0 Å². The molecule has 0 spiro atoms. The van der Waals surface area contributed by atoms with Crippen molar-refractivity contribution in [1.82, 2.24) is 0 Å². The summed E-state index contributed by atoms with van der Waals surface area (Å²) in [7, 11) is 8.22. The van der Waals surface area contributed by atoms with E-state index in [0.29, 0.717) is 0 Å². The Labute approximate surface area is 255 Å². The predicted molar refractivity (Wildman–Crippen MR) is 191 cm³/mol. The average molecular weight is 563 g/mol. The molecule has 2 aromatic rings. The van der Waals surface area contributed by atoms with Crippen molar-refractivity contribution < 1.29 is 0 Å². The first-order valence-electron chi connectivity index (χ1n) is 15.0. The van der Waals surface area contributed by atoms with E-state index >= 15 is 0 Å². The molecule has 4 nitrogen and oxygen atoms in total. The van der Waals surface area contributed by atoms with Gasteiger partial charge in [-0.1, -0.05) is 85.7 Å². The standard InChI is InChI=1S/C38H50N4/c1-7-13-33(15-17-35-19-23-37(24-20-35)41(3)4)27-31-39-29-11-9-10-12-30-40-32-28-34(14-8-2)16-18-36-21-25-38(26-22-36)42(5)6/h7-8,13-28,31-32H,9-12,29-30H2,1-6H3/b13-7-,14-8-,17-15+,18-16+,33-27+,34-28+,39-31?,40-32?. The van der Waals surface area contributed by atoms with Gasteiger partial charge in [0.1, 0.15) is 0 Å². The second kappa shape index (κ2) is 20.7. The lowest BCUT2D eigenvalue weighted by Crippen LogP contribution is -2.07. The van der Waals surface area contributed by atoms with Crippen LogP contribution in [0.15, 0.2) is 118 Å². The number of aliphatic imine (C=N–C) groups is 2. The highest BCUT2D eigenvalue weighted by molar-refractivity contribution is 5.75. The summed E-state index contributed by atoms with van der Waals surface area (Å²) in [6.45, 7) is 5.79. The molecule has 0 saturated heterocycles. The van der Waals surface area contributed by atoms with Crippen molar-refractivity contribution in [3.05, 3.63) is 119 Å². The fourth-order valence-corrected chi connectivity index (χ4v) is 4.06. The molecule has 0 saturated carbocycles. The minimum atomic E-state index is 0.859.